The number of ether oxygens (including phenoxy) is 1. The first-order valence-corrected chi connectivity index (χ1v) is 13.5. The van der Waals surface area contributed by atoms with Gasteiger partial charge >= 0.3 is 6.03 Å². The Morgan fingerprint density at radius 3 is 2.76 bits per heavy atom. The van der Waals surface area contributed by atoms with Gasteiger partial charge in [0.15, 0.2) is 0 Å². The van der Waals surface area contributed by atoms with Gasteiger partial charge in [0.05, 0.1) is 22.4 Å². The highest BCUT2D eigenvalue weighted by Crippen LogP contribution is 2.46. The van der Waals surface area contributed by atoms with E-state index in [1.807, 2.05) is 43.3 Å². The molecule has 1 fully saturated rings. The number of benzene rings is 1. The van der Waals surface area contributed by atoms with E-state index < -0.39 is 0 Å². The highest BCUT2D eigenvalue weighted by molar-refractivity contribution is 7.21. The number of nitrogens with zero attached hydrogens (tertiary/aromatic N) is 2. The van der Waals surface area contributed by atoms with Crippen molar-refractivity contribution in [2.75, 3.05) is 10.2 Å². The van der Waals surface area contributed by atoms with E-state index >= 15 is 0 Å². The molecule has 1 atom stereocenters. The average Bonchev–Trinajstić information content (AvgIpc) is 3.45. The van der Waals surface area contributed by atoms with E-state index in [0.717, 1.165) is 53.8 Å². The molecule has 0 spiro atoms. The lowest BCUT2D eigenvalue weighted by molar-refractivity contribution is 0.0931. The smallest absolute Gasteiger partial charge is 0.331 e. The quantitative estimate of drug-likeness (QED) is 0.400. The number of thiophene rings is 1. The molecule has 1 aliphatic heterocycles. The fourth-order valence-corrected chi connectivity index (χ4v) is 6.29. The lowest BCUT2D eigenvalue weighted by atomic mass is 9.92. The van der Waals surface area contributed by atoms with Gasteiger partial charge in [0.2, 0.25) is 0 Å². The number of aromatic nitrogens is 1. The standard InChI is InChI=1S/C28H29N5O3S/c1-15-4-3-5-22(15)36-19-10-11-20(16(2)14-19)33-21-12-13-30-27-23(21)24(32-28(33)35)25(37-27)26(34)31-18-8-6-17(29)7-9-18/h3-5,10-15,17-18H,6-9,29H2,1-2H3,(H,31,34)(H,32,35). The number of nitrogens with two attached hydrogens (primary N) is 1. The van der Waals surface area contributed by atoms with Gasteiger partial charge in [0, 0.05) is 24.2 Å². The van der Waals surface area contributed by atoms with E-state index in [4.69, 9.17) is 10.5 Å². The summed E-state index contributed by atoms with van der Waals surface area (Å²) >= 11 is 1.30. The van der Waals surface area contributed by atoms with Gasteiger partial charge in [-0.3, -0.25) is 9.69 Å². The molecule has 9 heteroatoms. The Hall–Kier alpha value is -3.69. The number of anilines is 3. The molecule has 1 unspecified atom stereocenters. The van der Waals surface area contributed by atoms with Crippen molar-refractivity contribution in [3.8, 4) is 5.75 Å². The maximum absolute atomic E-state index is 13.5. The number of hydrogen-bond donors (Lipinski definition) is 3. The fraction of sp³-hybridized carbons (Fsp3) is 0.321. The van der Waals surface area contributed by atoms with Crippen molar-refractivity contribution in [3.05, 3.63) is 64.9 Å². The van der Waals surface area contributed by atoms with Gasteiger partial charge in [0.25, 0.3) is 5.91 Å². The van der Waals surface area contributed by atoms with Crippen LogP contribution in [-0.2, 0) is 0 Å². The average molecular weight is 516 g/mol. The van der Waals surface area contributed by atoms with Crippen LogP contribution in [0.15, 0.2) is 54.4 Å². The van der Waals surface area contributed by atoms with E-state index in [1.54, 1.807) is 11.1 Å². The molecule has 3 aliphatic rings. The summed E-state index contributed by atoms with van der Waals surface area (Å²) in [4.78, 5) is 34.0. The normalized spacial score (nSPS) is 22.7. The van der Waals surface area contributed by atoms with E-state index in [-0.39, 0.29) is 29.9 Å². The second-order valence-electron chi connectivity index (χ2n) is 9.96. The van der Waals surface area contributed by atoms with Crippen molar-refractivity contribution in [2.24, 2.45) is 11.7 Å². The van der Waals surface area contributed by atoms with Gasteiger partial charge in [-0.25, -0.2) is 9.78 Å². The summed E-state index contributed by atoms with van der Waals surface area (Å²) in [5.41, 5.74) is 8.88. The molecule has 0 bridgehead atoms. The van der Waals surface area contributed by atoms with Crippen molar-refractivity contribution in [1.29, 1.82) is 0 Å². The number of pyridine rings is 1. The summed E-state index contributed by atoms with van der Waals surface area (Å²) < 4.78 is 6.07. The Bertz CT molecular complexity index is 1470. The van der Waals surface area contributed by atoms with Crippen LogP contribution in [0.4, 0.5) is 21.9 Å². The summed E-state index contributed by atoms with van der Waals surface area (Å²) in [6.45, 7) is 4.04. The molecule has 2 aromatic heterocycles. The molecule has 0 radical (unpaired) electrons. The van der Waals surface area contributed by atoms with Crippen LogP contribution in [-0.4, -0.2) is 29.0 Å². The van der Waals surface area contributed by atoms with E-state index in [0.29, 0.717) is 21.1 Å². The van der Waals surface area contributed by atoms with E-state index in [9.17, 15) is 9.59 Å². The van der Waals surface area contributed by atoms with Crippen LogP contribution in [0.5, 0.6) is 5.75 Å². The SMILES string of the molecule is Cc1cc(OC2=CC=CC2C)ccc1N1C(=O)Nc2c(C(=O)NC3CCC(N)CC3)sc3nccc1c23. The first-order valence-electron chi connectivity index (χ1n) is 12.6. The van der Waals surface area contributed by atoms with Crippen LogP contribution in [0.2, 0.25) is 0 Å². The molecule has 1 aromatic carbocycles. The second-order valence-corrected chi connectivity index (χ2v) is 11.0. The van der Waals surface area contributed by atoms with Crippen LogP contribution in [0.1, 0.15) is 47.8 Å². The summed E-state index contributed by atoms with van der Waals surface area (Å²) in [6, 6.07) is 7.51. The maximum atomic E-state index is 13.5. The molecular weight excluding hydrogens is 486 g/mol. The largest absolute Gasteiger partial charge is 0.461 e. The van der Waals surface area contributed by atoms with Crippen molar-refractivity contribution < 1.29 is 14.3 Å². The molecule has 3 amide bonds. The topological polar surface area (TPSA) is 110 Å². The van der Waals surface area contributed by atoms with Crippen molar-refractivity contribution in [3.63, 3.8) is 0 Å². The maximum Gasteiger partial charge on any atom is 0.331 e. The zero-order valence-electron chi connectivity index (χ0n) is 20.8. The van der Waals surface area contributed by atoms with Gasteiger partial charge in [-0.1, -0.05) is 19.1 Å². The molecule has 2 aliphatic carbocycles. The minimum absolute atomic E-state index is 0.0927. The number of hydrogen-bond acceptors (Lipinski definition) is 6. The zero-order valence-corrected chi connectivity index (χ0v) is 21.6. The third-order valence-electron chi connectivity index (χ3n) is 7.31. The number of nitrogens with one attached hydrogen (secondary N) is 2. The molecule has 190 valence electrons. The number of allylic oxidation sites excluding steroid dienone is 3. The van der Waals surface area contributed by atoms with Gasteiger partial charge < -0.3 is 21.1 Å². The fourth-order valence-electron chi connectivity index (χ4n) is 5.27. The Morgan fingerprint density at radius 2 is 2.03 bits per heavy atom. The zero-order chi connectivity index (χ0) is 25.7. The van der Waals surface area contributed by atoms with Crippen LogP contribution in [0.25, 0.3) is 10.2 Å². The summed E-state index contributed by atoms with van der Waals surface area (Å²) in [5.74, 6) is 1.67. The highest BCUT2D eigenvalue weighted by Gasteiger charge is 2.34. The Morgan fingerprint density at radius 1 is 1.22 bits per heavy atom. The van der Waals surface area contributed by atoms with E-state index in [1.165, 1.54) is 11.3 Å². The molecule has 4 N–H and O–H groups in total. The highest BCUT2D eigenvalue weighted by atomic mass is 32.1. The molecular formula is C28H29N5O3S. The van der Waals surface area contributed by atoms with Crippen LogP contribution in [0.3, 0.4) is 0 Å². The summed E-state index contributed by atoms with van der Waals surface area (Å²) in [6.07, 6.45) is 11.3. The minimum atomic E-state index is -0.316. The first kappa shape index (κ1) is 23.7. The molecule has 37 heavy (non-hydrogen) atoms. The Balaban J connectivity index is 1.31. The molecule has 1 saturated carbocycles. The number of amides is 3. The van der Waals surface area contributed by atoms with Gasteiger partial charge in [-0.2, -0.15) is 0 Å². The Labute approximate surface area is 219 Å². The summed E-state index contributed by atoms with van der Waals surface area (Å²) in [5, 5.41) is 6.90. The molecule has 3 aromatic rings. The van der Waals surface area contributed by atoms with E-state index in [2.05, 4.69) is 28.6 Å². The molecule has 6 rings (SSSR count). The number of rotatable bonds is 5. The predicted molar refractivity (Wildman–Crippen MR) is 147 cm³/mol. The van der Waals surface area contributed by atoms with Crippen molar-refractivity contribution in [2.45, 2.75) is 51.6 Å². The lowest BCUT2D eigenvalue weighted by Crippen LogP contribution is -2.40. The van der Waals surface area contributed by atoms with Crippen LogP contribution >= 0.6 is 11.3 Å². The van der Waals surface area contributed by atoms with Gasteiger partial charge in [-0.15, -0.1) is 11.3 Å². The lowest BCUT2D eigenvalue weighted by Gasteiger charge is -2.30. The summed E-state index contributed by atoms with van der Waals surface area (Å²) in [7, 11) is 0. The molecule has 8 nitrogen and oxygen atoms in total. The number of carbonyl (C=O) groups excluding carboxylic acids is 2. The van der Waals surface area contributed by atoms with Crippen molar-refractivity contribution >= 4 is 50.6 Å². The van der Waals surface area contributed by atoms with Gasteiger partial charge in [0.1, 0.15) is 21.2 Å². The van der Waals surface area contributed by atoms with Gasteiger partial charge in [-0.05, 0) is 68.5 Å². The van der Waals surface area contributed by atoms with Crippen LogP contribution < -0.4 is 26.0 Å². The first-order chi connectivity index (χ1) is 17.9. The van der Waals surface area contributed by atoms with Crippen molar-refractivity contribution in [1.82, 2.24) is 10.3 Å². The third-order valence-corrected chi connectivity index (χ3v) is 8.41. The molecule has 0 saturated heterocycles. The Kier molecular flexibility index (Phi) is 5.97. The second kappa shape index (κ2) is 9.32. The van der Waals surface area contributed by atoms with Crippen LogP contribution in [0, 0.1) is 12.8 Å². The number of aryl methyl sites for hydroxylation is 1. The predicted octanol–water partition coefficient (Wildman–Crippen LogP) is 5.76. The minimum Gasteiger partial charge on any atom is -0.461 e. The molecule has 3 heterocycles. The number of carbonyl (C=O) groups is 2. The number of urea groups is 1. The monoisotopic (exact) mass is 515 g/mol. The third kappa shape index (κ3) is 4.28.